The Morgan fingerprint density at radius 2 is 0.703 bits per heavy atom. The molecule has 37 heavy (non-hydrogen) atoms. The zero-order valence-electron chi connectivity index (χ0n) is 26.5. The van der Waals surface area contributed by atoms with E-state index in [0.29, 0.717) is 0 Å². The zero-order valence-corrected chi connectivity index (χ0v) is 30.5. The predicted molar refractivity (Wildman–Crippen MR) is 164 cm³/mol. The van der Waals surface area contributed by atoms with E-state index in [9.17, 15) is 0 Å². The van der Waals surface area contributed by atoms with Crippen LogP contribution >= 0.6 is 0 Å². The number of rotatable bonds is 24. The number of hydrogen-bond acceptors (Lipinski definition) is 7. The summed E-state index contributed by atoms with van der Waals surface area (Å²) < 4.78 is 43.8. The minimum Gasteiger partial charge on any atom is -0.455 e. The van der Waals surface area contributed by atoms with E-state index >= 15 is 0 Å². The van der Waals surface area contributed by atoms with Crippen LogP contribution in [0, 0.1) is 0 Å². The molecule has 0 aromatic carbocycles. The zero-order chi connectivity index (χ0) is 28.6. The van der Waals surface area contributed by atoms with Gasteiger partial charge in [-0.1, -0.05) is 78.1 Å². The van der Waals surface area contributed by atoms with E-state index in [0.717, 1.165) is 25.7 Å². The highest BCUT2D eigenvalue weighted by Crippen LogP contribution is 2.45. The largest absolute Gasteiger partial charge is 0.502 e. The normalized spacial score (nSPS) is 15.2. The fourth-order valence-electron chi connectivity index (χ4n) is 5.98. The summed E-state index contributed by atoms with van der Waals surface area (Å²) in [6.07, 6.45) is 14.2. The Labute approximate surface area is 234 Å². The Morgan fingerprint density at radius 3 is 0.946 bits per heavy atom. The minimum absolute atomic E-state index is 0.141. The summed E-state index contributed by atoms with van der Waals surface area (Å²) in [4.78, 5) is 0. The molecule has 2 atom stereocenters. The highest BCUT2D eigenvalue weighted by Gasteiger charge is 2.61. The van der Waals surface area contributed by atoms with Gasteiger partial charge >= 0.3 is 17.6 Å². The predicted octanol–water partition coefficient (Wildman–Crippen LogP) is 7.71. The summed E-state index contributed by atoms with van der Waals surface area (Å²) in [6.45, 7) is 13.8. The van der Waals surface area contributed by atoms with Crippen LogP contribution in [0.25, 0.3) is 0 Å². The highest BCUT2D eigenvalue weighted by molar-refractivity contribution is 6.97. The maximum absolute atomic E-state index is 7.40. The van der Waals surface area contributed by atoms with Gasteiger partial charge in [0.15, 0.2) is 16.6 Å². The molecule has 2 unspecified atom stereocenters. The fourth-order valence-corrected chi connectivity index (χ4v) is 28.2. The Morgan fingerprint density at radius 1 is 0.432 bits per heavy atom. The molecule has 0 radical (unpaired) electrons. The van der Waals surface area contributed by atoms with E-state index in [2.05, 4.69) is 40.0 Å². The summed E-state index contributed by atoms with van der Waals surface area (Å²) >= 11 is 0. The van der Waals surface area contributed by atoms with E-state index in [-0.39, 0.29) is 10.3 Å². The maximum atomic E-state index is 7.40. The summed E-state index contributed by atoms with van der Waals surface area (Å²) in [5.74, 6) is 0. The van der Waals surface area contributed by atoms with Crippen LogP contribution in [0.1, 0.15) is 90.9 Å². The van der Waals surface area contributed by atoms with Crippen LogP contribution in [0.2, 0.25) is 36.5 Å². The van der Waals surface area contributed by atoms with E-state index in [4.69, 9.17) is 30.7 Å². The molecule has 0 aromatic rings. The summed E-state index contributed by atoms with van der Waals surface area (Å²) in [5.41, 5.74) is 0. The Balaban J connectivity index is 6.13. The van der Waals surface area contributed by atoms with E-state index in [1.54, 1.807) is 42.7 Å². The van der Waals surface area contributed by atoms with Crippen molar-refractivity contribution in [1.29, 1.82) is 0 Å². The Hall–Kier alpha value is 0.588. The van der Waals surface area contributed by atoms with Crippen molar-refractivity contribution in [1.82, 2.24) is 0 Å². The maximum Gasteiger partial charge on any atom is 0.502 e. The third-order valence-corrected chi connectivity index (χ3v) is 28.1. The molecule has 0 aromatic heterocycles. The second-order valence-corrected chi connectivity index (χ2v) is 27.3. The smallest absolute Gasteiger partial charge is 0.455 e. The molecule has 0 bridgehead atoms. The van der Waals surface area contributed by atoms with Crippen LogP contribution in [0.15, 0.2) is 0 Å². The molecule has 0 aliphatic rings. The van der Waals surface area contributed by atoms with Gasteiger partial charge < -0.3 is 30.7 Å². The highest BCUT2D eigenvalue weighted by atomic mass is 28.5. The van der Waals surface area contributed by atoms with Gasteiger partial charge in [0, 0.05) is 53.0 Å². The molecule has 224 valence electrons. The first-order valence-corrected chi connectivity index (χ1v) is 24.0. The molecule has 0 rings (SSSR count). The van der Waals surface area contributed by atoms with Gasteiger partial charge in [-0.05, 0) is 39.0 Å². The van der Waals surface area contributed by atoms with Gasteiger partial charge in [-0.3, -0.25) is 0 Å². The van der Waals surface area contributed by atoms with Crippen LogP contribution in [0.4, 0.5) is 0 Å². The number of hydrogen-bond donors (Lipinski definition) is 0. The van der Waals surface area contributed by atoms with Crippen LogP contribution < -0.4 is 0 Å². The van der Waals surface area contributed by atoms with E-state index in [1.165, 1.54) is 51.4 Å². The van der Waals surface area contributed by atoms with Crippen LogP contribution in [0.3, 0.4) is 0 Å². The topological polar surface area (TPSA) is 64.6 Å². The lowest BCUT2D eigenvalue weighted by atomic mass is 10.1. The first-order chi connectivity index (χ1) is 17.5. The van der Waals surface area contributed by atoms with Crippen molar-refractivity contribution in [3.63, 3.8) is 0 Å². The molecule has 0 heterocycles. The molecular formula is C26H62O7Si4. The molecule has 0 aliphatic heterocycles. The van der Waals surface area contributed by atoms with Gasteiger partial charge in [0.05, 0.1) is 0 Å². The lowest BCUT2D eigenvalue weighted by Gasteiger charge is -2.48. The summed E-state index contributed by atoms with van der Waals surface area (Å²) in [6, 6.07) is 0. The Bertz CT molecular complexity index is 509. The van der Waals surface area contributed by atoms with Crippen molar-refractivity contribution in [3.8, 4) is 0 Å². The van der Waals surface area contributed by atoms with Crippen molar-refractivity contribution in [2.75, 3.05) is 42.7 Å². The Kier molecular flexibility index (Phi) is 19.1. The average Bonchev–Trinajstić information content (AvgIpc) is 2.87. The first-order valence-electron chi connectivity index (χ1n) is 14.5. The molecule has 11 heteroatoms. The lowest BCUT2D eigenvalue weighted by molar-refractivity contribution is 0.114. The second kappa shape index (κ2) is 18.8. The molecule has 0 aliphatic carbocycles. The summed E-state index contributed by atoms with van der Waals surface area (Å²) in [7, 11) is -0.200. The van der Waals surface area contributed by atoms with Gasteiger partial charge in [0.1, 0.15) is 0 Å². The van der Waals surface area contributed by atoms with Gasteiger partial charge in [-0.25, -0.2) is 0 Å². The minimum atomic E-state index is -2.92. The third kappa shape index (κ3) is 11.2. The molecule has 0 amide bonds. The van der Waals surface area contributed by atoms with Gasteiger partial charge in [-0.2, -0.15) is 0 Å². The molecule has 7 nitrogen and oxygen atoms in total. The third-order valence-electron chi connectivity index (χ3n) is 7.96. The average molecular weight is 599 g/mol. The molecule has 0 spiro atoms. The SMILES string of the molecule is CCCCCCCC([Si](C)(C)O[Si](C)(C)C(CCCCCCC)[Si](OC)(OC)OC)[Si](OC)(OC)OC. The van der Waals surface area contributed by atoms with Crippen molar-refractivity contribution >= 4 is 34.2 Å². The van der Waals surface area contributed by atoms with Crippen LogP contribution in [-0.2, 0) is 30.7 Å². The van der Waals surface area contributed by atoms with E-state index < -0.39 is 34.2 Å². The van der Waals surface area contributed by atoms with Gasteiger partial charge in [-0.15, -0.1) is 0 Å². The van der Waals surface area contributed by atoms with E-state index in [1.807, 2.05) is 0 Å². The van der Waals surface area contributed by atoms with Crippen molar-refractivity contribution in [3.05, 3.63) is 0 Å². The van der Waals surface area contributed by atoms with Gasteiger partial charge in [0.2, 0.25) is 0 Å². The van der Waals surface area contributed by atoms with Gasteiger partial charge in [0.25, 0.3) is 0 Å². The first kappa shape index (κ1) is 37.6. The standard InChI is InChI=1S/C26H62O7Si4/c1-13-15-17-19-21-23-25(36(27-3,28-4)29-5)34(9,10)33-35(11,12)26(24-22-20-18-16-14-2)37(30-6,31-7)32-8/h25-26H,13-24H2,1-12H3. The molecule has 0 saturated carbocycles. The van der Waals surface area contributed by atoms with Crippen molar-refractivity contribution in [2.45, 2.75) is 127 Å². The lowest BCUT2D eigenvalue weighted by Crippen LogP contribution is -2.64. The molecular weight excluding hydrogens is 537 g/mol. The molecule has 0 fully saturated rings. The van der Waals surface area contributed by atoms with Crippen molar-refractivity contribution in [2.24, 2.45) is 0 Å². The molecule has 0 N–H and O–H groups in total. The number of unbranched alkanes of at least 4 members (excludes halogenated alkanes) is 8. The molecule has 0 saturated heterocycles. The second-order valence-electron chi connectivity index (χ2n) is 11.3. The van der Waals surface area contributed by atoms with Crippen molar-refractivity contribution < 1.29 is 30.7 Å². The monoisotopic (exact) mass is 598 g/mol. The summed E-state index contributed by atoms with van der Waals surface area (Å²) in [5, 5.41) is 0.282. The fraction of sp³-hybridized carbons (Fsp3) is 1.00. The quantitative estimate of drug-likeness (QED) is 0.0833. The van der Waals surface area contributed by atoms with Crippen LogP contribution in [-0.4, -0.2) is 76.9 Å². The van der Waals surface area contributed by atoms with Crippen LogP contribution in [0.5, 0.6) is 0 Å².